The van der Waals surface area contributed by atoms with Gasteiger partial charge in [-0.2, -0.15) is 0 Å². The predicted octanol–water partition coefficient (Wildman–Crippen LogP) is 3.44. The average Bonchev–Trinajstić information content (AvgIpc) is 2.69. The highest BCUT2D eigenvalue weighted by Gasteiger charge is 2.21. The molecule has 0 unspecified atom stereocenters. The lowest BCUT2D eigenvalue weighted by Crippen LogP contribution is -2.49. The molecule has 0 aliphatic carbocycles. The van der Waals surface area contributed by atoms with Gasteiger partial charge in [0.2, 0.25) is 5.91 Å². The molecule has 0 aromatic heterocycles. The standard InChI is InChI=1S/C20H23Cl2N3O2/c1-27-18-8-3-2-5-15(18)13-23-19(26)14-24-9-11-25(12-10-24)17-7-4-6-16(21)20(17)22/h2-8H,9-14H2,1H3,(H,23,26). The zero-order valence-electron chi connectivity index (χ0n) is 15.3. The normalized spacial score (nSPS) is 14.9. The summed E-state index contributed by atoms with van der Waals surface area (Å²) in [6.07, 6.45) is 0. The minimum Gasteiger partial charge on any atom is -0.496 e. The molecule has 1 heterocycles. The van der Waals surface area contributed by atoms with E-state index in [4.69, 9.17) is 27.9 Å². The number of nitrogens with zero attached hydrogens (tertiary/aromatic N) is 2. The summed E-state index contributed by atoms with van der Waals surface area (Å²) in [6, 6.07) is 13.4. The Bertz CT molecular complexity index is 793. The molecular weight excluding hydrogens is 385 g/mol. The zero-order chi connectivity index (χ0) is 19.2. The maximum absolute atomic E-state index is 12.3. The first kappa shape index (κ1) is 19.8. The van der Waals surface area contributed by atoms with Gasteiger partial charge in [0.1, 0.15) is 5.75 Å². The van der Waals surface area contributed by atoms with Crippen LogP contribution in [-0.2, 0) is 11.3 Å². The van der Waals surface area contributed by atoms with Crippen molar-refractivity contribution in [3.63, 3.8) is 0 Å². The molecule has 144 valence electrons. The molecule has 0 radical (unpaired) electrons. The molecule has 1 amide bonds. The summed E-state index contributed by atoms with van der Waals surface area (Å²) in [5, 5.41) is 4.12. The van der Waals surface area contributed by atoms with Crippen molar-refractivity contribution in [2.24, 2.45) is 0 Å². The molecule has 1 aliphatic rings. The van der Waals surface area contributed by atoms with Crippen molar-refractivity contribution in [1.82, 2.24) is 10.2 Å². The van der Waals surface area contributed by atoms with Crippen molar-refractivity contribution < 1.29 is 9.53 Å². The third-order valence-electron chi connectivity index (χ3n) is 4.68. The van der Waals surface area contributed by atoms with Crippen molar-refractivity contribution in [2.75, 3.05) is 44.7 Å². The number of piperazine rings is 1. The minimum atomic E-state index is 0.00939. The molecule has 0 saturated carbocycles. The number of hydrogen-bond donors (Lipinski definition) is 1. The Morgan fingerprint density at radius 3 is 2.56 bits per heavy atom. The lowest BCUT2D eigenvalue weighted by atomic mass is 10.2. The van der Waals surface area contributed by atoms with Gasteiger partial charge in [-0.3, -0.25) is 9.69 Å². The van der Waals surface area contributed by atoms with Crippen LogP contribution < -0.4 is 15.0 Å². The molecular formula is C20H23Cl2N3O2. The summed E-state index contributed by atoms with van der Waals surface area (Å²) in [5.74, 6) is 0.792. The van der Waals surface area contributed by atoms with E-state index in [2.05, 4.69) is 15.1 Å². The Hall–Kier alpha value is -1.95. The minimum absolute atomic E-state index is 0.00939. The second-order valence-electron chi connectivity index (χ2n) is 6.42. The molecule has 27 heavy (non-hydrogen) atoms. The number of amides is 1. The number of rotatable bonds is 6. The number of ether oxygens (including phenoxy) is 1. The van der Waals surface area contributed by atoms with Crippen LogP contribution in [0.25, 0.3) is 0 Å². The second kappa shape index (κ2) is 9.31. The summed E-state index contributed by atoms with van der Waals surface area (Å²) in [5.41, 5.74) is 1.92. The van der Waals surface area contributed by atoms with Crippen molar-refractivity contribution in [3.05, 3.63) is 58.1 Å². The number of anilines is 1. The predicted molar refractivity (Wildman–Crippen MR) is 110 cm³/mol. The fourth-order valence-corrected chi connectivity index (χ4v) is 3.60. The zero-order valence-corrected chi connectivity index (χ0v) is 16.8. The van der Waals surface area contributed by atoms with E-state index in [1.54, 1.807) is 13.2 Å². The van der Waals surface area contributed by atoms with Crippen molar-refractivity contribution in [3.8, 4) is 5.75 Å². The maximum Gasteiger partial charge on any atom is 0.234 e. The Kier molecular flexibility index (Phi) is 6.83. The molecule has 5 nitrogen and oxygen atoms in total. The first-order valence-corrected chi connectivity index (χ1v) is 9.64. The lowest BCUT2D eigenvalue weighted by Gasteiger charge is -2.36. The molecule has 1 saturated heterocycles. The van der Waals surface area contributed by atoms with Crippen LogP contribution in [0.5, 0.6) is 5.75 Å². The van der Waals surface area contributed by atoms with Gasteiger partial charge in [-0.05, 0) is 18.2 Å². The molecule has 0 bridgehead atoms. The third kappa shape index (κ3) is 5.06. The van der Waals surface area contributed by atoms with Crippen LogP contribution in [0.4, 0.5) is 5.69 Å². The highest BCUT2D eigenvalue weighted by molar-refractivity contribution is 6.43. The molecule has 2 aromatic rings. The van der Waals surface area contributed by atoms with Crippen LogP contribution >= 0.6 is 23.2 Å². The first-order chi connectivity index (χ1) is 13.1. The molecule has 1 aliphatic heterocycles. The Labute approximate surface area is 169 Å². The van der Waals surface area contributed by atoms with Gasteiger partial charge >= 0.3 is 0 Å². The topological polar surface area (TPSA) is 44.8 Å². The van der Waals surface area contributed by atoms with Crippen molar-refractivity contribution in [2.45, 2.75) is 6.54 Å². The van der Waals surface area contributed by atoms with Gasteiger partial charge in [-0.1, -0.05) is 47.5 Å². The van der Waals surface area contributed by atoms with E-state index in [1.807, 2.05) is 36.4 Å². The number of methoxy groups -OCH3 is 1. The summed E-state index contributed by atoms with van der Waals surface area (Å²) in [4.78, 5) is 16.6. The second-order valence-corrected chi connectivity index (χ2v) is 7.21. The number of halogens is 2. The van der Waals surface area contributed by atoms with E-state index in [0.29, 0.717) is 23.1 Å². The molecule has 3 rings (SSSR count). The van der Waals surface area contributed by atoms with Crippen LogP contribution in [0.1, 0.15) is 5.56 Å². The van der Waals surface area contributed by atoms with E-state index < -0.39 is 0 Å². The number of carbonyl (C=O) groups excluding carboxylic acids is 1. The third-order valence-corrected chi connectivity index (χ3v) is 5.49. The van der Waals surface area contributed by atoms with Gasteiger partial charge in [-0.25, -0.2) is 0 Å². The molecule has 7 heteroatoms. The highest BCUT2D eigenvalue weighted by atomic mass is 35.5. The largest absolute Gasteiger partial charge is 0.496 e. The first-order valence-electron chi connectivity index (χ1n) is 8.88. The van der Waals surface area contributed by atoms with E-state index in [1.165, 1.54) is 0 Å². The molecule has 1 fully saturated rings. The number of carbonyl (C=O) groups is 1. The van der Waals surface area contributed by atoms with Gasteiger partial charge in [0.15, 0.2) is 0 Å². The lowest BCUT2D eigenvalue weighted by molar-refractivity contribution is -0.122. The monoisotopic (exact) mass is 407 g/mol. The quantitative estimate of drug-likeness (QED) is 0.796. The van der Waals surface area contributed by atoms with Crippen LogP contribution in [0.3, 0.4) is 0 Å². The summed E-state index contributed by atoms with van der Waals surface area (Å²) >= 11 is 12.4. The van der Waals surface area contributed by atoms with E-state index >= 15 is 0 Å². The van der Waals surface area contributed by atoms with Gasteiger partial charge in [0.05, 0.1) is 29.4 Å². The smallest absolute Gasteiger partial charge is 0.234 e. The fourth-order valence-electron chi connectivity index (χ4n) is 3.19. The van der Waals surface area contributed by atoms with E-state index in [0.717, 1.165) is 43.2 Å². The number of nitrogens with one attached hydrogen (secondary N) is 1. The van der Waals surface area contributed by atoms with Crippen molar-refractivity contribution >= 4 is 34.8 Å². The molecule has 0 spiro atoms. The number of hydrogen-bond acceptors (Lipinski definition) is 4. The summed E-state index contributed by atoms with van der Waals surface area (Å²) < 4.78 is 5.31. The average molecular weight is 408 g/mol. The van der Waals surface area contributed by atoms with Crippen LogP contribution in [0, 0.1) is 0 Å². The molecule has 1 N–H and O–H groups in total. The Morgan fingerprint density at radius 2 is 1.81 bits per heavy atom. The summed E-state index contributed by atoms with van der Waals surface area (Å²) in [6.45, 7) is 4.04. The maximum atomic E-state index is 12.3. The van der Waals surface area contributed by atoms with Crippen LogP contribution in [-0.4, -0.2) is 50.6 Å². The number of para-hydroxylation sites is 1. The van der Waals surface area contributed by atoms with E-state index in [-0.39, 0.29) is 5.91 Å². The van der Waals surface area contributed by atoms with Gasteiger partial charge < -0.3 is 15.0 Å². The van der Waals surface area contributed by atoms with Crippen LogP contribution in [0.15, 0.2) is 42.5 Å². The SMILES string of the molecule is COc1ccccc1CNC(=O)CN1CCN(c2cccc(Cl)c2Cl)CC1. The molecule has 0 atom stereocenters. The van der Waals surface area contributed by atoms with Gasteiger partial charge in [-0.15, -0.1) is 0 Å². The van der Waals surface area contributed by atoms with Crippen LogP contribution in [0.2, 0.25) is 10.0 Å². The Morgan fingerprint density at radius 1 is 1.07 bits per heavy atom. The van der Waals surface area contributed by atoms with Gasteiger partial charge in [0.25, 0.3) is 0 Å². The highest BCUT2D eigenvalue weighted by Crippen LogP contribution is 2.32. The Balaban J connectivity index is 1.47. The molecule has 2 aromatic carbocycles. The summed E-state index contributed by atoms with van der Waals surface area (Å²) in [7, 11) is 1.63. The van der Waals surface area contributed by atoms with E-state index in [9.17, 15) is 4.79 Å². The fraction of sp³-hybridized carbons (Fsp3) is 0.350. The van der Waals surface area contributed by atoms with Gasteiger partial charge in [0, 0.05) is 38.3 Å². The van der Waals surface area contributed by atoms with Crippen molar-refractivity contribution in [1.29, 1.82) is 0 Å². The number of benzene rings is 2.